The molecule has 0 aromatic heterocycles. The maximum Gasteiger partial charge on any atom is 0.191 e. The van der Waals surface area contributed by atoms with Crippen LogP contribution in [-0.2, 0) is 0 Å². The SMILES string of the molecule is CCNC(=NCCCC(C)C)NC(C)CC.I. The molecule has 0 aliphatic heterocycles. The lowest BCUT2D eigenvalue weighted by Crippen LogP contribution is -2.42. The largest absolute Gasteiger partial charge is 0.357 e. The van der Waals surface area contributed by atoms with Gasteiger partial charge in [0, 0.05) is 19.1 Å². The molecule has 0 aliphatic rings. The number of halogens is 1. The fraction of sp³-hybridized carbons (Fsp3) is 0.923. The van der Waals surface area contributed by atoms with Gasteiger partial charge in [-0.05, 0) is 39.0 Å². The van der Waals surface area contributed by atoms with E-state index in [4.69, 9.17) is 0 Å². The number of hydrogen-bond acceptors (Lipinski definition) is 1. The van der Waals surface area contributed by atoms with Crippen molar-refractivity contribution in [3.05, 3.63) is 0 Å². The van der Waals surface area contributed by atoms with Crippen LogP contribution in [0.1, 0.15) is 53.9 Å². The zero-order valence-electron chi connectivity index (χ0n) is 12.0. The molecule has 0 aromatic carbocycles. The van der Waals surface area contributed by atoms with Crippen molar-refractivity contribution in [2.45, 2.75) is 59.9 Å². The maximum absolute atomic E-state index is 4.57. The van der Waals surface area contributed by atoms with Crippen LogP contribution >= 0.6 is 24.0 Å². The Kier molecular flexibility index (Phi) is 14.2. The summed E-state index contributed by atoms with van der Waals surface area (Å²) in [5.41, 5.74) is 0. The van der Waals surface area contributed by atoms with E-state index in [0.29, 0.717) is 6.04 Å². The predicted molar refractivity (Wildman–Crippen MR) is 88.4 cm³/mol. The van der Waals surface area contributed by atoms with Crippen molar-refractivity contribution in [2.24, 2.45) is 10.9 Å². The van der Waals surface area contributed by atoms with E-state index in [-0.39, 0.29) is 24.0 Å². The molecule has 0 amide bonds. The fourth-order valence-corrected chi connectivity index (χ4v) is 1.35. The Hall–Kier alpha value is 0. The summed E-state index contributed by atoms with van der Waals surface area (Å²) in [7, 11) is 0. The molecule has 0 spiro atoms. The highest BCUT2D eigenvalue weighted by Gasteiger charge is 2.01. The summed E-state index contributed by atoms with van der Waals surface area (Å²) >= 11 is 0. The zero-order valence-corrected chi connectivity index (χ0v) is 14.4. The molecule has 4 heteroatoms. The van der Waals surface area contributed by atoms with Crippen LogP contribution in [0.3, 0.4) is 0 Å². The highest BCUT2D eigenvalue weighted by Crippen LogP contribution is 2.02. The molecule has 0 aliphatic carbocycles. The van der Waals surface area contributed by atoms with Crippen molar-refractivity contribution in [3.8, 4) is 0 Å². The Balaban J connectivity index is 0. The lowest BCUT2D eigenvalue weighted by atomic mass is 10.1. The molecule has 104 valence electrons. The maximum atomic E-state index is 4.57. The number of rotatable bonds is 7. The summed E-state index contributed by atoms with van der Waals surface area (Å²) in [6.45, 7) is 12.8. The van der Waals surface area contributed by atoms with Crippen molar-refractivity contribution in [1.29, 1.82) is 0 Å². The molecule has 0 fully saturated rings. The van der Waals surface area contributed by atoms with E-state index in [1.54, 1.807) is 0 Å². The summed E-state index contributed by atoms with van der Waals surface area (Å²) in [5.74, 6) is 1.74. The Morgan fingerprint density at radius 2 is 1.82 bits per heavy atom. The number of hydrogen-bond donors (Lipinski definition) is 2. The molecule has 0 heterocycles. The third kappa shape index (κ3) is 12.2. The molecule has 17 heavy (non-hydrogen) atoms. The first kappa shape index (κ1) is 19.3. The van der Waals surface area contributed by atoms with Gasteiger partial charge < -0.3 is 10.6 Å². The highest BCUT2D eigenvalue weighted by atomic mass is 127. The summed E-state index contributed by atoms with van der Waals surface area (Å²) in [5, 5.41) is 6.67. The Morgan fingerprint density at radius 1 is 1.18 bits per heavy atom. The van der Waals surface area contributed by atoms with Gasteiger partial charge in [0.15, 0.2) is 5.96 Å². The first-order valence-electron chi connectivity index (χ1n) is 6.64. The third-order valence-corrected chi connectivity index (χ3v) is 2.55. The van der Waals surface area contributed by atoms with Gasteiger partial charge in [0.25, 0.3) is 0 Å². The van der Waals surface area contributed by atoms with Crippen LogP contribution in [0.15, 0.2) is 4.99 Å². The van der Waals surface area contributed by atoms with Gasteiger partial charge in [-0.3, -0.25) is 4.99 Å². The molecule has 0 saturated heterocycles. The molecule has 0 aromatic rings. The van der Waals surface area contributed by atoms with Crippen molar-refractivity contribution in [1.82, 2.24) is 10.6 Å². The van der Waals surface area contributed by atoms with Gasteiger partial charge in [0.05, 0.1) is 0 Å². The zero-order chi connectivity index (χ0) is 12.4. The topological polar surface area (TPSA) is 36.4 Å². The summed E-state index contributed by atoms with van der Waals surface area (Å²) in [4.78, 5) is 4.57. The smallest absolute Gasteiger partial charge is 0.191 e. The lowest BCUT2D eigenvalue weighted by Gasteiger charge is -2.16. The van der Waals surface area contributed by atoms with E-state index in [0.717, 1.165) is 31.4 Å². The van der Waals surface area contributed by atoms with Crippen molar-refractivity contribution >= 4 is 29.9 Å². The van der Waals surface area contributed by atoms with Gasteiger partial charge in [0.1, 0.15) is 0 Å². The second-order valence-electron chi connectivity index (χ2n) is 4.75. The fourth-order valence-electron chi connectivity index (χ4n) is 1.35. The van der Waals surface area contributed by atoms with Crippen LogP contribution in [0.25, 0.3) is 0 Å². The minimum atomic E-state index is 0. The number of nitrogens with one attached hydrogen (secondary N) is 2. The van der Waals surface area contributed by atoms with Crippen LogP contribution in [-0.4, -0.2) is 25.1 Å². The Morgan fingerprint density at radius 3 is 2.29 bits per heavy atom. The second kappa shape index (κ2) is 12.5. The molecular weight excluding hydrogens is 325 g/mol. The number of nitrogens with zero attached hydrogens (tertiary/aromatic N) is 1. The molecule has 2 N–H and O–H groups in total. The Bertz CT molecular complexity index is 193. The van der Waals surface area contributed by atoms with Crippen LogP contribution < -0.4 is 10.6 Å². The van der Waals surface area contributed by atoms with Gasteiger partial charge in [-0.2, -0.15) is 0 Å². The quantitative estimate of drug-likeness (QED) is 0.318. The van der Waals surface area contributed by atoms with Crippen molar-refractivity contribution in [3.63, 3.8) is 0 Å². The molecule has 0 bridgehead atoms. The van der Waals surface area contributed by atoms with Gasteiger partial charge >= 0.3 is 0 Å². The van der Waals surface area contributed by atoms with Gasteiger partial charge in [-0.1, -0.05) is 20.8 Å². The predicted octanol–water partition coefficient (Wildman–Crippen LogP) is 3.39. The average Bonchev–Trinajstić information content (AvgIpc) is 2.24. The molecule has 0 saturated carbocycles. The normalized spacial score (nSPS) is 13.2. The monoisotopic (exact) mass is 355 g/mol. The molecule has 0 rings (SSSR count). The van der Waals surface area contributed by atoms with Crippen molar-refractivity contribution < 1.29 is 0 Å². The minimum absolute atomic E-state index is 0. The summed E-state index contributed by atoms with van der Waals surface area (Å²) in [6.07, 6.45) is 3.55. The van der Waals surface area contributed by atoms with Crippen LogP contribution in [0.2, 0.25) is 0 Å². The van der Waals surface area contributed by atoms with E-state index >= 15 is 0 Å². The van der Waals surface area contributed by atoms with E-state index in [2.05, 4.69) is 50.2 Å². The third-order valence-electron chi connectivity index (χ3n) is 2.55. The molecule has 3 nitrogen and oxygen atoms in total. The molecule has 0 radical (unpaired) electrons. The van der Waals surface area contributed by atoms with E-state index < -0.39 is 0 Å². The Labute approximate surface area is 124 Å². The summed E-state index contributed by atoms with van der Waals surface area (Å²) < 4.78 is 0. The van der Waals surface area contributed by atoms with E-state index in [1.165, 1.54) is 12.8 Å². The van der Waals surface area contributed by atoms with Gasteiger partial charge in [-0.25, -0.2) is 0 Å². The standard InChI is InChI=1S/C13H29N3.HI/c1-6-12(5)16-13(14-7-2)15-10-8-9-11(3)4;/h11-12H,6-10H2,1-5H3,(H2,14,15,16);1H. The lowest BCUT2D eigenvalue weighted by molar-refractivity contribution is 0.558. The van der Waals surface area contributed by atoms with Crippen LogP contribution in [0.4, 0.5) is 0 Å². The average molecular weight is 355 g/mol. The van der Waals surface area contributed by atoms with Crippen LogP contribution in [0.5, 0.6) is 0 Å². The molecule has 1 unspecified atom stereocenters. The van der Waals surface area contributed by atoms with E-state index in [1.807, 2.05) is 0 Å². The minimum Gasteiger partial charge on any atom is -0.357 e. The second-order valence-corrected chi connectivity index (χ2v) is 4.75. The first-order valence-corrected chi connectivity index (χ1v) is 6.64. The molecule has 1 atom stereocenters. The van der Waals surface area contributed by atoms with Crippen LogP contribution in [0, 0.1) is 5.92 Å². The van der Waals surface area contributed by atoms with E-state index in [9.17, 15) is 0 Å². The van der Waals surface area contributed by atoms with Gasteiger partial charge in [0.2, 0.25) is 0 Å². The van der Waals surface area contributed by atoms with Crippen molar-refractivity contribution in [2.75, 3.05) is 13.1 Å². The molecular formula is C13H30IN3. The summed E-state index contributed by atoms with van der Waals surface area (Å²) in [6, 6.07) is 0.489. The number of aliphatic imine (C=N–C) groups is 1. The number of guanidine groups is 1. The van der Waals surface area contributed by atoms with Gasteiger partial charge in [-0.15, -0.1) is 24.0 Å². The highest BCUT2D eigenvalue weighted by molar-refractivity contribution is 14.0. The first-order chi connectivity index (χ1) is 7.60.